The highest BCUT2D eigenvalue weighted by Crippen LogP contribution is 2.34. The van der Waals surface area contributed by atoms with Crippen LogP contribution < -0.4 is 15.8 Å². The summed E-state index contributed by atoms with van der Waals surface area (Å²) in [5.74, 6) is -0.0114. The number of hydrogen-bond donors (Lipinski definition) is 2. The predicted octanol–water partition coefficient (Wildman–Crippen LogP) is 2.17. The number of primary amides is 1. The Morgan fingerprint density at radius 1 is 1.19 bits per heavy atom. The maximum absolute atomic E-state index is 11.7. The molecule has 1 heterocycles. The SMILES string of the molecule is CC1Oc2ccc(-c3cccc(C(N)=O)c3)cc2NC1=O. The topological polar surface area (TPSA) is 81.4 Å². The van der Waals surface area contributed by atoms with E-state index in [9.17, 15) is 9.59 Å². The van der Waals surface area contributed by atoms with Gasteiger partial charge in [-0.15, -0.1) is 0 Å². The van der Waals surface area contributed by atoms with Gasteiger partial charge in [0.2, 0.25) is 5.91 Å². The molecule has 0 aromatic heterocycles. The number of amides is 2. The average Bonchev–Trinajstić information content (AvgIpc) is 2.48. The Balaban J connectivity index is 2.01. The normalized spacial score (nSPS) is 16.6. The van der Waals surface area contributed by atoms with Crippen molar-refractivity contribution in [2.24, 2.45) is 5.73 Å². The van der Waals surface area contributed by atoms with Gasteiger partial charge in [0.1, 0.15) is 5.75 Å². The van der Waals surface area contributed by atoms with Gasteiger partial charge in [0.25, 0.3) is 5.91 Å². The summed E-state index contributed by atoms with van der Waals surface area (Å²) < 4.78 is 5.51. The Bertz CT molecular complexity index is 740. The van der Waals surface area contributed by atoms with Crippen molar-refractivity contribution >= 4 is 17.5 Å². The lowest BCUT2D eigenvalue weighted by molar-refractivity contribution is -0.122. The third kappa shape index (κ3) is 2.45. The molecule has 1 atom stereocenters. The van der Waals surface area contributed by atoms with Crippen LogP contribution in [0.15, 0.2) is 42.5 Å². The highest BCUT2D eigenvalue weighted by Gasteiger charge is 2.23. The molecule has 2 aromatic carbocycles. The van der Waals surface area contributed by atoms with Gasteiger partial charge in [-0.25, -0.2) is 0 Å². The van der Waals surface area contributed by atoms with Crippen LogP contribution in [-0.2, 0) is 4.79 Å². The van der Waals surface area contributed by atoms with Crippen molar-refractivity contribution in [3.05, 3.63) is 48.0 Å². The van der Waals surface area contributed by atoms with E-state index < -0.39 is 12.0 Å². The monoisotopic (exact) mass is 282 g/mol. The number of fused-ring (bicyclic) bond motifs is 1. The van der Waals surface area contributed by atoms with Crippen LogP contribution in [0.3, 0.4) is 0 Å². The van der Waals surface area contributed by atoms with E-state index in [1.165, 1.54) is 0 Å². The van der Waals surface area contributed by atoms with E-state index in [4.69, 9.17) is 10.5 Å². The van der Waals surface area contributed by atoms with E-state index in [0.29, 0.717) is 17.0 Å². The third-order valence-corrected chi connectivity index (χ3v) is 3.39. The molecule has 0 radical (unpaired) electrons. The lowest BCUT2D eigenvalue weighted by atomic mass is 10.0. The summed E-state index contributed by atoms with van der Waals surface area (Å²) >= 11 is 0. The molecule has 1 aliphatic rings. The zero-order valence-corrected chi connectivity index (χ0v) is 11.4. The van der Waals surface area contributed by atoms with E-state index >= 15 is 0 Å². The molecule has 0 fully saturated rings. The van der Waals surface area contributed by atoms with Gasteiger partial charge in [-0.3, -0.25) is 9.59 Å². The predicted molar refractivity (Wildman–Crippen MR) is 79.1 cm³/mol. The van der Waals surface area contributed by atoms with Crippen LogP contribution in [-0.4, -0.2) is 17.9 Å². The summed E-state index contributed by atoms with van der Waals surface area (Å²) in [6, 6.07) is 12.5. The number of carbonyl (C=O) groups is 2. The van der Waals surface area contributed by atoms with Crippen molar-refractivity contribution < 1.29 is 14.3 Å². The Hall–Kier alpha value is -2.82. The number of carbonyl (C=O) groups excluding carboxylic acids is 2. The third-order valence-electron chi connectivity index (χ3n) is 3.39. The molecule has 1 aliphatic heterocycles. The molecule has 3 rings (SSSR count). The number of hydrogen-bond acceptors (Lipinski definition) is 3. The van der Waals surface area contributed by atoms with Crippen LogP contribution in [0.4, 0.5) is 5.69 Å². The van der Waals surface area contributed by atoms with Crippen LogP contribution in [0.25, 0.3) is 11.1 Å². The summed E-state index contributed by atoms with van der Waals surface area (Å²) in [6.45, 7) is 1.70. The minimum Gasteiger partial charge on any atom is -0.479 e. The molecule has 0 spiro atoms. The number of nitrogens with one attached hydrogen (secondary N) is 1. The van der Waals surface area contributed by atoms with Gasteiger partial charge in [-0.05, 0) is 42.3 Å². The van der Waals surface area contributed by atoms with Gasteiger partial charge >= 0.3 is 0 Å². The van der Waals surface area contributed by atoms with E-state index in [-0.39, 0.29) is 5.91 Å². The molecular formula is C16H14N2O3. The smallest absolute Gasteiger partial charge is 0.265 e. The minimum atomic E-state index is -0.499. The molecule has 106 valence electrons. The van der Waals surface area contributed by atoms with Gasteiger partial charge in [0.05, 0.1) is 5.69 Å². The van der Waals surface area contributed by atoms with Crippen LogP contribution in [0.2, 0.25) is 0 Å². The van der Waals surface area contributed by atoms with Gasteiger partial charge in [0.15, 0.2) is 6.10 Å². The van der Waals surface area contributed by atoms with Crippen molar-refractivity contribution in [3.8, 4) is 16.9 Å². The highest BCUT2D eigenvalue weighted by atomic mass is 16.5. The zero-order valence-electron chi connectivity index (χ0n) is 11.4. The van der Waals surface area contributed by atoms with Crippen molar-refractivity contribution in [2.75, 3.05) is 5.32 Å². The quantitative estimate of drug-likeness (QED) is 0.885. The van der Waals surface area contributed by atoms with Crippen LogP contribution in [0, 0.1) is 0 Å². The average molecular weight is 282 g/mol. The Morgan fingerprint density at radius 3 is 2.71 bits per heavy atom. The second-order valence-corrected chi connectivity index (χ2v) is 4.91. The number of anilines is 1. The summed E-state index contributed by atoms with van der Waals surface area (Å²) in [5.41, 5.74) is 8.08. The molecule has 0 bridgehead atoms. The van der Waals surface area contributed by atoms with E-state index in [2.05, 4.69) is 5.32 Å². The number of benzene rings is 2. The Labute approximate surface area is 121 Å². The first-order valence-electron chi connectivity index (χ1n) is 6.56. The van der Waals surface area contributed by atoms with Gasteiger partial charge in [0, 0.05) is 5.56 Å². The van der Waals surface area contributed by atoms with Gasteiger partial charge in [-0.2, -0.15) is 0 Å². The molecule has 0 aliphatic carbocycles. The second-order valence-electron chi connectivity index (χ2n) is 4.91. The zero-order chi connectivity index (χ0) is 15.0. The van der Waals surface area contributed by atoms with E-state index in [1.807, 2.05) is 18.2 Å². The lowest BCUT2D eigenvalue weighted by Crippen LogP contribution is -2.34. The molecule has 1 unspecified atom stereocenters. The summed E-state index contributed by atoms with van der Waals surface area (Å²) in [4.78, 5) is 22.9. The fourth-order valence-electron chi connectivity index (χ4n) is 2.24. The number of rotatable bonds is 2. The molecule has 3 N–H and O–H groups in total. The maximum Gasteiger partial charge on any atom is 0.265 e. The molecule has 2 amide bonds. The van der Waals surface area contributed by atoms with Crippen LogP contribution in [0.1, 0.15) is 17.3 Å². The molecule has 5 heteroatoms. The lowest BCUT2D eigenvalue weighted by Gasteiger charge is -2.23. The highest BCUT2D eigenvalue weighted by molar-refractivity contribution is 5.98. The molecular weight excluding hydrogens is 268 g/mol. The maximum atomic E-state index is 11.7. The van der Waals surface area contributed by atoms with Crippen molar-refractivity contribution in [2.45, 2.75) is 13.0 Å². The summed E-state index contributed by atoms with van der Waals surface area (Å²) in [6.07, 6.45) is -0.499. The summed E-state index contributed by atoms with van der Waals surface area (Å²) in [5, 5.41) is 2.80. The van der Waals surface area contributed by atoms with E-state index in [0.717, 1.165) is 11.1 Å². The number of ether oxygens (including phenoxy) is 1. The van der Waals surface area contributed by atoms with Gasteiger partial charge in [-0.1, -0.05) is 18.2 Å². The molecule has 21 heavy (non-hydrogen) atoms. The minimum absolute atomic E-state index is 0.175. The first-order valence-corrected chi connectivity index (χ1v) is 6.56. The van der Waals surface area contributed by atoms with Crippen LogP contribution >= 0.6 is 0 Å². The molecule has 0 saturated carbocycles. The summed E-state index contributed by atoms with van der Waals surface area (Å²) in [7, 11) is 0. The first-order chi connectivity index (χ1) is 10.0. The Kier molecular flexibility index (Phi) is 3.10. The fraction of sp³-hybridized carbons (Fsp3) is 0.125. The van der Waals surface area contributed by atoms with Crippen molar-refractivity contribution in [1.82, 2.24) is 0 Å². The molecule has 5 nitrogen and oxygen atoms in total. The number of nitrogens with two attached hydrogens (primary N) is 1. The van der Waals surface area contributed by atoms with E-state index in [1.54, 1.807) is 31.2 Å². The van der Waals surface area contributed by atoms with Crippen LogP contribution in [0.5, 0.6) is 5.75 Å². The Morgan fingerprint density at radius 2 is 1.95 bits per heavy atom. The van der Waals surface area contributed by atoms with Crippen molar-refractivity contribution in [3.63, 3.8) is 0 Å². The molecule has 2 aromatic rings. The fourth-order valence-corrected chi connectivity index (χ4v) is 2.24. The largest absolute Gasteiger partial charge is 0.479 e. The van der Waals surface area contributed by atoms with Crippen molar-refractivity contribution in [1.29, 1.82) is 0 Å². The second kappa shape index (κ2) is 4.94. The molecule has 0 saturated heterocycles. The standard InChI is InChI=1S/C16H14N2O3/c1-9-16(20)18-13-8-11(5-6-14(13)21-9)10-3-2-4-12(7-10)15(17)19/h2-9H,1H3,(H2,17,19)(H,18,20). The first kappa shape index (κ1) is 13.2. The van der Waals surface area contributed by atoms with Gasteiger partial charge < -0.3 is 15.8 Å².